The Hall–Kier alpha value is -1.85. The van der Waals surface area contributed by atoms with Crippen LogP contribution in [-0.2, 0) is 4.79 Å². The molecule has 2 saturated heterocycles. The first-order valence-electron chi connectivity index (χ1n) is 10.0. The minimum Gasteiger partial charge on any atom is -0.436 e. The average molecular weight is 359 g/mol. The van der Waals surface area contributed by atoms with Crippen LogP contribution >= 0.6 is 0 Å². The molecule has 26 heavy (non-hydrogen) atoms. The van der Waals surface area contributed by atoms with Crippen molar-refractivity contribution >= 4 is 11.8 Å². The Kier molecular flexibility index (Phi) is 4.53. The molecular formula is C20H29N3O3. The van der Waals surface area contributed by atoms with Crippen LogP contribution in [0.25, 0.3) is 0 Å². The van der Waals surface area contributed by atoms with Crippen LogP contribution in [0.1, 0.15) is 73.5 Å². The van der Waals surface area contributed by atoms with Crippen molar-refractivity contribution < 1.29 is 14.0 Å². The molecule has 1 spiro atoms. The fraction of sp³-hybridized carbons (Fsp3) is 0.750. The second kappa shape index (κ2) is 6.71. The monoisotopic (exact) mass is 359 g/mol. The summed E-state index contributed by atoms with van der Waals surface area (Å²) in [6.07, 6.45) is 8.41. The molecule has 2 amide bonds. The molecule has 6 nitrogen and oxygen atoms in total. The molecule has 2 aliphatic heterocycles. The largest absolute Gasteiger partial charge is 0.436 e. The Bertz CT molecular complexity index is 697. The van der Waals surface area contributed by atoms with Gasteiger partial charge in [0.1, 0.15) is 0 Å². The number of carbonyl (C=O) groups excluding carboxylic acids is 2. The topological polar surface area (TPSA) is 66.7 Å². The predicted octanol–water partition coefficient (Wildman–Crippen LogP) is 3.08. The maximum absolute atomic E-state index is 12.8. The van der Waals surface area contributed by atoms with Crippen molar-refractivity contribution in [1.29, 1.82) is 0 Å². The number of hydrogen-bond donors (Lipinski definition) is 0. The Morgan fingerprint density at radius 1 is 1.15 bits per heavy atom. The van der Waals surface area contributed by atoms with Crippen LogP contribution < -0.4 is 0 Å². The molecule has 1 saturated carbocycles. The Labute approximate surface area is 154 Å². The molecule has 0 atom stereocenters. The van der Waals surface area contributed by atoms with Gasteiger partial charge in [0.2, 0.25) is 11.7 Å². The fourth-order valence-electron chi connectivity index (χ4n) is 5.06. The molecule has 4 rings (SSSR count). The lowest BCUT2D eigenvalue weighted by Crippen LogP contribution is -2.54. The summed E-state index contributed by atoms with van der Waals surface area (Å²) in [4.78, 5) is 33.5. The minimum atomic E-state index is -0.0440. The molecule has 1 aromatic heterocycles. The molecule has 6 heteroatoms. The third-order valence-electron chi connectivity index (χ3n) is 6.67. The van der Waals surface area contributed by atoms with E-state index in [1.807, 2.05) is 11.8 Å². The molecule has 142 valence electrons. The lowest BCUT2D eigenvalue weighted by atomic mass is 9.72. The molecule has 1 aromatic rings. The van der Waals surface area contributed by atoms with Gasteiger partial charge in [0.25, 0.3) is 5.91 Å². The fourth-order valence-corrected chi connectivity index (χ4v) is 5.06. The van der Waals surface area contributed by atoms with Crippen molar-refractivity contribution in [2.75, 3.05) is 19.6 Å². The highest BCUT2D eigenvalue weighted by Crippen LogP contribution is 2.42. The summed E-state index contributed by atoms with van der Waals surface area (Å²) >= 11 is 0. The normalized spacial score (nSPS) is 23.8. The van der Waals surface area contributed by atoms with Crippen molar-refractivity contribution in [2.45, 2.75) is 71.3 Å². The van der Waals surface area contributed by atoms with E-state index in [0.717, 1.165) is 51.7 Å². The molecule has 3 fully saturated rings. The first kappa shape index (κ1) is 17.6. The first-order valence-corrected chi connectivity index (χ1v) is 10.0. The molecule has 0 aromatic carbocycles. The highest BCUT2D eigenvalue weighted by atomic mass is 16.4. The number of likely N-dealkylation sites (tertiary alicyclic amines) is 2. The number of carbonyl (C=O) groups is 2. The van der Waals surface area contributed by atoms with Crippen LogP contribution in [0.15, 0.2) is 4.42 Å². The number of aryl methyl sites for hydroxylation is 2. The Morgan fingerprint density at radius 2 is 1.85 bits per heavy atom. The maximum atomic E-state index is 12.8. The van der Waals surface area contributed by atoms with Crippen LogP contribution in [0.5, 0.6) is 0 Å². The molecular weight excluding hydrogens is 330 g/mol. The predicted molar refractivity (Wildman–Crippen MR) is 96.8 cm³/mol. The molecule has 1 aliphatic carbocycles. The zero-order valence-electron chi connectivity index (χ0n) is 15.9. The Morgan fingerprint density at radius 3 is 2.46 bits per heavy atom. The zero-order chi connectivity index (χ0) is 18.3. The highest BCUT2D eigenvalue weighted by molar-refractivity contribution is 5.92. The third-order valence-corrected chi connectivity index (χ3v) is 6.67. The molecule has 0 radical (unpaired) electrons. The van der Waals surface area contributed by atoms with Crippen molar-refractivity contribution in [3.8, 4) is 0 Å². The van der Waals surface area contributed by atoms with Crippen molar-refractivity contribution in [1.82, 2.24) is 14.8 Å². The first-order chi connectivity index (χ1) is 12.5. The molecule has 0 bridgehead atoms. The van der Waals surface area contributed by atoms with Gasteiger partial charge in [0.15, 0.2) is 5.89 Å². The molecule has 0 N–H and O–H groups in total. The van der Waals surface area contributed by atoms with Gasteiger partial charge in [-0.05, 0) is 44.4 Å². The summed E-state index contributed by atoms with van der Waals surface area (Å²) < 4.78 is 5.51. The standard InChI is InChI=1S/C20H29N3O3/c1-14-18(26-15(2)21-14)19(25)22-11-9-20(10-12-22)8-7-17(24)23(13-20)16-5-3-4-6-16/h16H,3-13H2,1-2H3. The van der Waals surface area contributed by atoms with Gasteiger partial charge in [0, 0.05) is 39.0 Å². The number of hydrogen-bond acceptors (Lipinski definition) is 4. The van der Waals surface area contributed by atoms with E-state index >= 15 is 0 Å². The van der Waals surface area contributed by atoms with Gasteiger partial charge in [-0.15, -0.1) is 0 Å². The smallest absolute Gasteiger partial charge is 0.291 e. The van der Waals surface area contributed by atoms with E-state index in [-0.39, 0.29) is 11.3 Å². The number of amides is 2. The molecule has 3 heterocycles. The van der Waals surface area contributed by atoms with Crippen LogP contribution in [0.2, 0.25) is 0 Å². The summed E-state index contributed by atoms with van der Waals surface area (Å²) in [6.45, 7) is 5.96. The summed E-state index contributed by atoms with van der Waals surface area (Å²) in [5.41, 5.74) is 0.864. The van der Waals surface area contributed by atoms with E-state index in [1.54, 1.807) is 6.92 Å². The molecule has 3 aliphatic rings. The van der Waals surface area contributed by atoms with Crippen molar-refractivity contribution in [3.63, 3.8) is 0 Å². The average Bonchev–Trinajstić information content (AvgIpc) is 3.27. The third kappa shape index (κ3) is 3.14. The quantitative estimate of drug-likeness (QED) is 0.814. The van der Waals surface area contributed by atoms with E-state index in [1.165, 1.54) is 12.8 Å². The van der Waals surface area contributed by atoms with E-state index < -0.39 is 0 Å². The SMILES string of the molecule is Cc1nc(C)c(C(=O)N2CCC3(CCC(=O)N(C4CCCC4)C3)CC2)o1. The van der Waals surface area contributed by atoms with E-state index in [4.69, 9.17) is 4.42 Å². The Balaban J connectivity index is 1.41. The summed E-state index contributed by atoms with van der Waals surface area (Å²) in [6, 6.07) is 0.458. The van der Waals surface area contributed by atoms with Gasteiger partial charge in [-0.2, -0.15) is 0 Å². The second-order valence-corrected chi connectivity index (χ2v) is 8.40. The van der Waals surface area contributed by atoms with Crippen molar-refractivity contribution in [2.24, 2.45) is 5.41 Å². The van der Waals surface area contributed by atoms with Gasteiger partial charge in [-0.3, -0.25) is 9.59 Å². The maximum Gasteiger partial charge on any atom is 0.291 e. The summed E-state index contributed by atoms with van der Waals surface area (Å²) in [5.74, 6) is 1.22. The van der Waals surface area contributed by atoms with Gasteiger partial charge in [-0.25, -0.2) is 4.98 Å². The van der Waals surface area contributed by atoms with Crippen LogP contribution in [0.3, 0.4) is 0 Å². The van der Waals surface area contributed by atoms with Crippen LogP contribution in [0, 0.1) is 19.3 Å². The van der Waals surface area contributed by atoms with Crippen LogP contribution in [0.4, 0.5) is 0 Å². The number of aromatic nitrogens is 1. The zero-order valence-corrected chi connectivity index (χ0v) is 15.9. The van der Waals surface area contributed by atoms with E-state index in [2.05, 4.69) is 9.88 Å². The summed E-state index contributed by atoms with van der Waals surface area (Å²) in [7, 11) is 0. The van der Waals surface area contributed by atoms with E-state index in [0.29, 0.717) is 35.7 Å². The van der Waals surface area contributed by atoms with Crippen molar-refractivity contribution in [3.05, 3.63) is 17.3 Å². The van der Waals surface area contributed by atoms with Gasteiger partial charge in [0.05, 0.1) is 5.69 Å². The van der Waals surface area contributed by atoms with Gasteiger partial charge in [-0.1, -0.05) is 12.8 Å². The summed E-state index contributed by atoms with van der Waals surface area (Å²) in [5, 5.41) is 0. The lowest BCUT2D eigenvalue weighted by Gasteiger charge is -2.48. The number of oxazole rings is 1. The highest BCUT2D eigenvalue weighted by Gasteiger charge is 2.44. The van der Waals surface area contributed by atoms with E-state index in [9.17, 15) is 9.59 Å². The minimum absolute atomic E-state index is 0.0440. The lowest BCUT2D eigenvalue weighted by molar-refractivity contribution is -0.142. The van der Waals surface area contributed by atoms with Gasteiger partial charge < -0.3 is 14.2 Å². The second-order valence-electron chi connectivity index (χ2n) is 8.40. The van der Waals surface area contributed by atoms with Gasteiger partial charge >= 0.3 is 0 Å². The number of nitrogens with zero attached hydrogens (tertiary/aromatic N) is 3. The number of rotatable bonds is 2. The molecule has 0 unspecified atom stereocenters. The van der Waals surface area contributed by atoms with Crippen LogP contribution in [-0.4, -0.2) is 52.3 Å². The number of piperidine rings is 2.